The zero-order chi connectivity index (χ0) is 22.8. The minimum Gasteiger partial charge on any atom is -0.461 e. The summed E-state index contributed by atoms with van der Waals surface area (Å²) >= 11 is 0. The van der Waals surface area contributed by atoms with E-state index in [0.717, 1.165) is 19.3 Å². The van der Waals surface area contributed by atoms with Crippen LogP contribution in [0, 0.1) is 46.3 Å². The number of hydrogen-bond donors (Lipinski definition) is 0. The van der Waals surface area contributed by atoms with E-state index in [4.69, 9.17) is 4.74 Å². The Morgan fingerprint density at radius 3 is 2.75 bits per heavy atom. The fraction of sp³-hybridized carbons (Fsp3) is 0.767. The van der Waals surface area contributed by atoms with Gasteiger partial charge in [0.05, 0.1) is 5.41 Å². The molecule has 0 aromatic carbocycles. The Kier molecular flexibility index (Phi) is 5.54. The second kappa shape index (κ2) is 7.88. The molecule has 0 N–H and O–H groups in total. The Labute approximate surface area is 195 Å². The highest BCUT2D eigenvalue weighted by molar-refractivity contribution is 5.82. The van der Waals surface area contributed by atoms with Gasteiger partial charge in [-0.05, 0) is 101 Å². The number of rotatable bonds is 4. The molecule has 3 fully saturated rings. The lowest BCUT2D eigenvalue weighted by Gasteiger charge is -2.55. The molecule has 0 unspecified atom stereocenters. The number of allylic oxidation sites excluding steroid dienone is 5. The van der Waals surface area contributed by atoms with Crippen molar-refractivity contribution >= 4 is 5.97 Å². The minimum atomic E-state index is -0.311. The lowest BCUT2D eigenvalue weighted by atomic mass is 9.46. The summed E-state index contributed by atoms with van der Waals surface area (Å²) in [5.74, 6) is 3.21. The van der Waals surface area contributed by atoms with Gasteiger partial charge in [0.2, 0.25) is 0 Å². The maximum absolute atomic E-state index is 13.8. The second-order valence-corrected chi connectivity index (χ2v) is 12.8. The largest absolute Gasteiger partial charge is 0.461 e. The van der Waals surface area contributed by atoms with Crippen LogP contribution >= 0.6 is 0 Å². The van der Waals surface area contributed by atoms with Crippen molar-refractivity contribution in [3.05, 3.63) is 34.9 Å². The van der Waals surface area contributed by atoms with Gasteiger partial charge in [0, 0.05) is 5.92 Å². The van der Waals surface area contributed by atoms with E-state index in [2.05, 4.69) is 59.8 Å². The highest BCUT2D eigenvalue weighted by Crippen LogP contribution is 2.66. The third-order valence-electron chi connectivity index (χ3n) is 10.4. The van der Waals surface area contributed by atoms with Crippen LogP contribution < -0.4 is 0 Å². The quantitative estimate of drug-likeness (QED) is 0.334. The van der Waals surface area contributed by atoms with Crippen molar-refractivity contribution in [2.45, 2.75) is 99.0 Å². The van der Waals surface area contributed by atoms with Crippen molar-refractivity contribution in [2.75, 3.05) is 0 Å². The fourth-order valence-electron chi connectivity index (χ4n) is 8.66. The van der Waals surface area contributed by atoms with Gasteiger partial charge in [-0.25, -0.2) is 0 Å². The molecule has 0 aromatic heterocycles. The molecule has 1 saturated heterocycles. The predicted molar refractivity (Wildman–Crippen MR) is 131 cm³/mol. The first kappa shape index (κ1) is 22.5. The van der Waals surface area contributed by atoms with Crippen molar-refractivity contribution < 1.29 is 9.53 Å². The maximum atomic E-state index is 13.8. The smallest absolute Gasteiger partial charge is 0.313 e. The standard InChI is InChI=1S/C30H44O2/c1-18(2)9-7-10-19(3)23-14-22-16-30(25(23)13-21(22)5)26-15-24-20(4)11-8-12-29(24,6)17-27(26)32-28(30)31/h9,13,15,19-20,22-23,25-27H,7-8,10-12,14,16-17H2,1-6H3/t19-,20-,22+,23-,25-,26-,27+,29+,30-/m0/s1. The molecule has 6 aliphatic rings. The van der Waals surface area contributed by atoms with Gasteiger partial charge in [-0.1, -0.05) is 62.1 Å². The highest BCUT2D eigenvalue weighted by Gasteiger charge is 2.67. The van der Waals surface area contributed by atoms with E-state index in [9.17, 15) is 4.79 Å². The van der Waals surface area contributed by atoms with Gasteiger partial charge in [0.1, 0.15) is 6.10 Å². The number of ether oxygens (including phenoxy) is 1. The lowest BCUT2D eigenvalue weighted by Crippen LogP contribution is -2.54. The van der Waals surface area contributed by atoms with Gasteiger partial charge in [-0.3, -0.25) is 4.79 Å². The Morgan fingerprint density at radius 2 is 2.03 bits per heavy atom. The molecule has 32 heavy (non-hydrogen) atoms. The predicted octanol–water partition coefficient (Wildman–Crippen LogP) is 7.66. The fourth-order valence-corrected chi connectivity index (χ4v) is 8.66. The molecular weight excluding hydrogens is 392 g/mol. The average Bonchev–Trinajstić information content (AvgIpc) is 2.97. The minimum absolute atomic E-state index is 0.0937. The summed E-state index contributed by atoms with van der Waals surface area (Å²) in [5, 5.41) is 0. The number of carbonyl (C=O) groups is 1. The molecular formula is C30H44O2. The second-order valence-electron chi connectivity index (χ2n) is 12.8. The molecule has 0 amide bonds. The van der Waals surface area contributed by atoms with Crippen molar-refractivity contribution in [2.24, 2.45) is 46.3 Å². The molecule has 1 spiro atoms. The van der Waals surface area contributed by atoms with E-state index in [1.807, 2.05) is 0 Å². The lowest BCUT2D eigenvalue weighted by molar-refractivity contribution is -0.156. The zero-order valence-corrected chi connectivity index (χ0v) is 21.2. The number of carbonyl (C=O) groups excluding carboxylic acids is 1. The first-order valence-electron chi connectivity index (χ1n) is 13.4. The van der Waals surface area contributed by atoms with Crippen LogP contribution in [0.25, 0.3) is 0 Å². The van der Waals surface area contributed by atoms with Gasteiger partial charge < -0.3 is 4.74 Å². The maximum Gasteiger partial charge on any atom is 0.313 e. The summed E-state index contributed by atoms with van der Waals surface area (Å²) in [6.45, 7) is 14.0. The van der Waals surface area contributed by atoms with Gasteiger partial charge >= 0.3 is 5.97 Å². The first-order valence-corrected chi connectivity index (χ1v) is 13.4. The Hall–Kier alpha value is -1.31. The van der Waals surface area contributed by atoms with E-state index in [0.29, 0.717) is 29.6 Å². The Balaban J connectivity index is 1.51. The third-order valence-corrected chi connectivity index (χ3v) is 10.4. The summed E-state index contributed by atoms with van der Waals surface area (Å²) in [5.41, 5.74) is 4.52. The van der Waals surface area contributed by atoms with Crippen LogP contribution in [-0.2, 0) is 9.53 Å². The number of esters is 1. The average molecular weight is 437 g/mol. The van der Waals surface area contributed by atoms with Gasteiger partial charge in [0.15, 0.2) is 0 Å². The van der Waals surface area contributed by atoms with E-state index < -0.39 is 0 Å². The molecule has 2 nitrogen and oxygen atoms in total. The molecule has 176 valence electrons. The van der Waals surface area contributed by atoms with Gasteiger partial charge in [-0.15, -0.1) is 0 Å². The van der Waals surface area contributed by atoms with Crippen LogP contribution in [0.5, 0.6) is 0 Å². The summed E-state index contributed by atoms with van der Waals surface area (Å²) in [6, 6.07) is 0. The molecule has 9 atom stereocenters. The van der Waals surface area contributed by atoms with Gasteiger partial charge in [0.25, 0.3) is 0 Å². The van der Waals surface area contributed by atoms with E-state index in [1.165, 1.54) is 43.3 Å². The normalized spacial score (nSPS) is 45.5. The zero-order valence-electron chi connectivity index (χ0n) is 21.2. The van der Waals surface area contributed by atoms with Crippen LogP contribution in [0.1, 0.15) is 92.9 Å². The molecule has 1 aliphatic heterocycles. The van der Waals surface area contributed by atoms with Crippen molar-refractivity contribution in [3.8, 4) is 0 Å². The molecule has 2 bridgehead atoms. The SMILES string of the molecule is CC(C)=CCC[C@H](C)[C@@H]1C[C@@H]2C[C@]3(C(=O)O[C@@H]4C[C@@]5(C)CCC[C@H](C)C5=C[C@@H]43)[C@H]1C=C2C. The topological polar surface area (TPSA) is 26.3 Å². The first-order chi connectivity index (χ1) is 15.2. The van der Waals surface area contributed by atoms with Crippen LogP contribution in [-0.4, -0.2) is 12.1 Å². The van der Waals surface area contributed by atoms with Crippen molar-refractivity contribution in [1.82, 2.24) is 0 Å². The Morgan fingerprint density at radius 1 is 1.25 bits per heavy atom. The summed E-state index contributed by atoms with van der Waals surface area (Å²) in [7, 11) is 0. The van der Waals surface area contributed by atoms with Gasteiger partial charge in [-0.2, -0.15) is 0 Å². The van der Waals surface area contributed by atoms with Crippen LogP contribution in [0.2, 0.25) is 0 Å². The Bertz CT molecular complexity index is 873. The summed E-state index contributed by atoms with van der Waals surface area (Å²) in [6.07, 6.45) is 17.2. The summed E-state index contributed by atoms with van der Waals surface area (Å²) < 4.78 is 6.31. The molecule has 1 heterocycles. The molecule has 0 radical (unpaired) electrons. The number of hydrogen-bond acceptors (Lipinski definition) is 2. The summed E-state index contributed by atoms with van der Waals surface area (Å²) in [4.78, 5) is 13.8. The van der Waals surface area contributed by atoms with Crippen LogP contribution in [0.4, 0.5) is 0 Å². The molecule has 0 aromatic rings. The van der Waals surface area contributed by atoms with Crippen LogP contribution in [0.15, 0.2) is 34.9 Å². The van der Waals surface area contributed by atoms with E-state index >= 15 is 0 Å². The van der Waals surface area contributed by atoms with Crippen molar-refractivity contribution in [3.63, 3.8) is 0 Å². The molecule has 2 heteroatoms. The molecule has 2 saturated carbocycles. The van der Waals surface area contributed by atoms with E-state index in [-0.39, 0.29) is 28.8 Å². The molecule has 5 aliphatic carbocycles. The molecule has 6 rings (SSSR count). The third kappa shape index (κ3) is 3.30. The van der Waals surface area contributed by atoms with Crippen LogP contribution in [0.3, 0.4) is 0 Å². The monoisotopic (exact) mass is 436 g/mol. The van der Waals surface area contributed by atoms with Crippen molar-refractivity contribution in [1.29, 1.82) is 0 Å². The highest BCUT2D eigenvalue weighted by atomic mass is 16.6. The van der Waals surface area contributed by atoms with E-state index in [1.54, 1.807) is 5.57 Å². The number of fused-ring (bicyclic) bond motifs is 3.